The van der Waals surface area contributed by atoms with Gasteiger partial charge in [0.1, 0.15) is 0 Å². The summed E-state index contributed by atoms with van der Waals surface area (Å²) in [5.41, 5.74) is 2.21. The second-order valence-corrected chi connectivity index (χ2v) is 9.20. The molecular formula is C24H30. The summed E-state index contributed by atoms with van der Waals surface area (Å²) in [6, 6.07) is 11.5. The van der Waals surface area contributed by atoms with Gasteiger partial charge in [0.15, 0.2) is 0 Å². The minimum atomic E-state index is 0.600. The Kier molecular flexibility index (Phi) is 3.51. The third-order valence-corrected chi connectivity index (χ3v) is 8.12. The average molecular weight is 319 g/mol. The standard InChI is InChI=1S/C24H30/c1-24-15-7-12-22(24)20-14-13-18-10-5-6-11-19(18)23(20)21(16-24)17-8-3-2-4-9-17/h2-6,8-11,18-23H,7,12-16H2,1H3/t18?,19-,20-,21+,22-,23+,24-/m0/s1. The van der Waals surface area contributed by atoms with Crippen molar-refractivity contribution < 1.29 is 0 Å². The zero-order valence-electron chi connectivity index (χ0n) is 14.9. The molecule has 4 aliphatic carbocycles. The van der Waals surface area contributed by atoms with Crippen molar-refractivity contribution >= 4 is 0 Å². The second kappa shape index (κ2) is 5.61. The molecule has 0 heterocycles. The molecular weight excluding hydrogens is 288 g/mol. The third-order valence-electron chi connectivity index (χ3n) is 8.12. The highest BCUT2D eigenvalue weighted by molar-refractivity contribution is 5.27. The third kappa shape index (κ3) is 2.18. The smallest absolute Gasteiger partial charge is 0.0120 e. The van der Waals surface area contributed by atoms with Crippen LogP contribution in [0.5, 0.6) is 0 Å². The van der Waals surface area contributed by atoms with Crippen LogP contribution in [0.4, 0.5) is 0 Å². The van der Waals surface area contributed by atoms with E-state index in [4.69, 9.17) is 0 Å². The molecule has 5 rings (SSSR count). The van der Waals surface area contributed by atoms with E-state index in [1.54, 1.807) is 5.56 Å². The number of benzene rings is 1. The first-order chi connectivity index (χ1) is 11.8. The summed E-state index contributed by atoms with van der Waals surface area (Å²) in [7, 11) is 0. The molecule has 1 unspecified atom stereocenters. The van der Waals surface area contributed by atoms with Gasteiger partial charge >= 0.3 is 0 Å². The topological polar surface area (TPSA) is 0 Å². The van der Waals surface area contributed by atoms with Crippen LogP contribution in [-0.2, 0) is 0 Å². The van der Waals surface area contributed by atoms with Crippen LogP contribution in [0, 0.1) is 35.0 Å². The molecule has 0 N–H and O–H groups in total. The van der Waals surface area contributed by atoms with Crippen LogP contribution >= 0.6 is 0 Å². The Morgan fingerprint density at radius 1 is 0.958 bits per heavy atom. The Labute approximate surface area is 147 Å². The Morgan fingerprint density at radius 2 is 1.79 bits per heavy atom. The van der Waals surface area contributed by atoms with Gasteiger partial charge in [0, 0.05) is 0 Å². The molecule has 0 heteroatoms. The minimum absolute atomic E-state index is 0.600. The molecule has 1 aromatic rings. The fourth-order valence-corrected chi connectivity index (χ4v) is 7.19. The summed E-state index contributed by atoms with van der Waals surface area (Å²) in [4.78, 5) is 0. The molecule has 0 aromatic heterocycles. The summed E-state index contributed by atoms with van der Waals surface area (Å²) in [6.07, 6.45) is 18.4. The van der Waals surface area contributed by atoms with Crippen LogP contribution < -0.4 is 0 Å². The van der Waals surface area contributed by atoms with Gasteiger partial charge in [-0.05, 0) is 78.6 Å². The Bertz CT molecular complexity index is 654. The predicted octanol–water partition coefficient (Wildman–Crippen LogP) is 6.36. The van der Waals surface area contributed by atoms with Crippen LogP contribution in [0.15, 0.2) is 54.6 Å². The summed E-state index contributed by atoms with van der Waals surface area (Å²) in [5.74, 6) is 5.15. The number of hydrogen-bond donors (Lipinski definition) is 0. The number of allylic oxidation sites excluding steroid dienone is 4. The monoisotopic (exact) mass is 318 g/mol. The predicted molar refractivity (Wildman–Crippen MR) is 101 cm³/mol. The zero-order chi connectivity index (χ0) is 16.1. The lowest BCUT2D eigenvalue weighted by Crippen LogP contribution is -2.48. The van der Waals surface area contributed by atoms with Crippen molar-refractivity contribution in [3.63, 3.8) is 0 Å². The van der Waals surface area contributed by atoms with Crippen molar-refractivity contribution in [2.75, 3.05) is 0 Å². The van der Waals surface area contributed by atoms with Crippen molar-refractivity contribution in [2.45, 2.75) is 51.4 Å². The SMILES string of the molecule is C[C@@]12CCC[C@H]1[C@@H]1CCC3C=CC=C[C@@H]3[C@H]1[C@@H](c1ccccc1)C2. The van der Waals surface area contributed by atoms with E-state index in [1.807, 2.05) is 0 Å². The van der Waals surface area contributed by atoms with Gasteiger partial charge in [0.2, 0.25) is 0 Å². The zero-order valence-corrected chi connectivity index (χ0v) is 14.9. The first-order valence-corrected chi connectivity index (χ1v) is 10.2. The van der Waals surface area contributed by atoms with Gasteiger partial charge in [0.05, 0.1) is 0 Å². The van der Waals surface area contributed by atoms with E-state index in [2.05, 4.69) is 61.6 Å². The highest BCUT2D eigenvalue weighted by Gasteiger charge is 2.56. The summed E-state index contributed by atoms with van der Waals surface area (Å²) < 4.78 is 0. The van der Waals surface area contributed by atoms with Crippen LogP contribution in [-0.4, -0.2) is 0 Å². The van der Waals surface area contributed by atoms with Gasteiger partial charge in [-0.15, -0.1) is 0 Å². The van der Waals surface area contributed by atoms with Gasteiger partial charge in [-0.2, -0.15) is 0 Å². The van der Waals surface area contributed by atoms with Gasteiger partial charge in [-0.3, -0.25) is 0 Å². The van der Waals surface area contributed by atoms with Gasteiger partial charge < -0.3 is 0 Å². The molecule has 0 radical (unpaired) electrons. The van der Waals surface area contributed by atoms with Gasteiger partial charge in [0.25, 0.3) is 0 Å². The van der Waals surface area contributed by atoms with E-state index in [9.17, 15) is 0 Å². The van der Waals surface area contributed by atoms with E-state index < -0.39 is 0 Å². The molecule has 7 atom stereocenters. The van der Waals surface area contributed by atoms with Crippen LogP contribution in [0.2, 0.25) is 0 Å². The van der Waals surface area contributed by atoms with Crippen molar-refractivity contribution in [1.29, 1.82) is 0 Å². The van der Waals surface area contributed by atoms with E-state index in [1.165, 1.54) is 38.5 Å². The molecule has 4 aliphatic rings. The highest BCUT2D eigenvalue weighted by Crippen LogP contribution is 2.65. The highest BCUT2D eigenvalue weighted by atomic mass is 14.6. The normalized spacial score (nSPS) is 46.2. The lowest BCUT2D eigenvalue weighted by Gasteiger charge is -2.56. The van der Waals surface area contributed by atoms with Gasteiger partial charge in [-0.25, -0.2) is 0 Å². The summed E-state index contributed by atoms with van der Waals surface area (Å²) >= 11 is 0. The van der Waals surface area contributed by atoms with Crippen LogP contribution in [0.1, 0.15) is 56.9 Å². The van der Waals surface area contributed by atoms with E-state index in [0.717, 1.165) is 35.5 Å². The molecule has 126 valence electrons. The second-order valence-electron chi connectivity index (χ2n) is 9.20. The van der Waals surface area contributed by atoms with Crippen LogP contribution in [0.25, 0.3) is 0 Å². The van der Waals surface area contributed by atoms with Crippen molar-refractivity contribution in [3.05, 3.63) is 60.2 Å². The van der Waals surface area contributed by atoms with Crippen molar-refractivity contribution in [3.8, 4) is 0 Å². The molecule has 3 fully saturated rings. The fraction of sp³-hybridized carbons (Fsp3) is 0.583. The van der Waals surface area contributed by atoms with E-state index in [-0.39, 0.29) is 0 Å². The summed E-state index contributed by atoms with van der Waals surface area (Å²) in [5, 5.41) is 0. The fourth-order valence-electron chi connectivity index (χ4n) is 7.19. The quantitative estimate of drug-likeness (QED) is 0.565. The number of hydrogen-bond acceptors (Lipinski definition) is 0. The van der Waals surface area contributed by atoms with Gasteiger partial charge in [-0.1, -0.05) is 68.0 Å². The molecule has 0 aliphatic heterocycles. The maximum Gasteiger partial charge on any atom is -0.0120 e. The lowest BCUT2D eigenvalue weighted by atomic mass is 9.48. The lowest BCUT2D eigenvalue weighted by molar-refractivity contribution is -0.0323. The Balaban J connectivity index is 1.59. The molecule has 0 nitrogen and oxygen atoms in total. The first kappa shape index (κ1) is 15.0. The summed E-state index contributed by atoms with van der Waals surface area (Å²) in [6.45, 7) is 2.62. The molecule has 0 bridgehead atoms. The maximum absolute atomic E-state index is 2.62. The average Bonchev–Trinajstić information content (AvgIpc) is 3.03. The Hall–Kier alpha value is -1.30. The number of fused-ring (bicyclic) bond motifs is 5. The molecule has 24 heavy (non-hydrogen) atoms. The largest absolute Gasteiger partial charge is 0.0808 e. The Morgan fingerprint density at radius 3 is 2.67 bits per heavy atom. The molecule has 0 amide bonds. The van der Waals surface area contributed by atoms with Crippen molar-refractivity contribution in [1.82, 2.24) is 0 Å². The minimum Gasteiger partial charge on any atom is -0.0808 e. The molecule has 3 saturated carbocycles. The molecule has 1 aromatic carbocycles. The maximum atomic E-state index is 2.62. The molecule has 0 spiro atoms. The van der Waals surface area contributed by atoms with E-state index in [0.29, 0.717) is 5.41 Å². The van der Waals surface area contributed by atoms with Crippen molar-refractivity contribution in [2.24, 2.45) is 35.0 Å². The number of rotatable bonds is 1. The van der Waals surface area contributed by atoms with Crippen LogP contribution in [0.3, 0.4) is 0 Å². The van der Waals surface area contributed by atoms with E-state index >= 15 is 0 Å². The molecule has 0 saturated heterocycles. The first-order valence-electron chi connectivity index (χ1n) is 10.2.